The van der Waals surface area contributed by atoms with Gasteiger partial charge in [0.15, 0.2) is 0 Å². The van der Waals surface area contributed by atoms with E-state index in [1.54, 1.807) is 17.8 Å². The fourth-order valence-corrected chi connectivity index (χ4v) is 4.07. The van der Waals surface area contributed by atoms with Crippen molar-refractivity contribution in [1.82, 2.24) is 10.0 Å². The molecule has 0 saturated carbocycles. The van der Waals surface area contributed by atoms with Gasteiger partial charge in [0.05, 0.1) is 4.90 Å². The predicted octanol–water partition coefficient (Wildman–Crippen LogP) is 1.99. The lowest BCUT2D eigenvalue weighted by molar-refractivity contribution is 0.562. The van der Waals surface area contributed by atoms with Gasteiger partial charge in [-0.1, -0.05) is 19.1 Å². The minimum absolute atomic E-state index is 0.320. The van der Waals surface area contributed by atoms with Crippen LogP contribution in [-0.2, 0) is 16.6 Å². The average Bonchev–Trinajstić information content (AvgIpc) is 2.39. The van der Waals surface area contributed by atoms with E-state index in [-0.39, 0.29) is 0 Å². The third kappa shape index (κ3) is 5.09. The van der Waals surface area contributed by atoms with Crippen molar-refractivity contribution in [2.24, 2.45) is 5.92 Å². The second-order valence-corrected chi connectivity index (χ2v) is 7.69. The van der Waals surface area contributed by atoms with E-state index in [1.807, 2.05) is 39.3 Å². The first-order chi connectivity index (χ1) is 9.40. The Morgan fingerprint density at radius 2 is 2.05 bits per heavy atom. The van der Waals surface area contributed by atoms with Crippen LogP contribution in [0.15, 0.2) is 23.1 Å². The number of hydrogen-bond donors (Lipinski definition) is 2. The molecule has 0 fully saturated rings. The Kier molecular flexibility index (Phi) is 7.02. The maximum absolute atomic E-state index is 12.4. The highest BCUT2D eigenvalue weighted by molar-refractivity contribution is 7.98. The predicted molar refractivity (Wildman–Crippen MR) is 86.7 cm³/mol. The number of nitrogens with one attached hydrogen (secondary N) is 2. The monoisotopic (exact) mass is 316 g/mol. The molecule has 0 aromatic heterocycles. The third-order valence-electron chi connectivity index (χ3n) is 3.00. The van der Waals surface area contributed by atoms with Gasteiger partial charge in [0, 0.05) is 13.1 Å². The fraction of sp³-hybridized carbons (Fsp3) is 0.571. The highest BCUT2D eigenvalue weighted by atomic mass is 32.2. The Hall–Kier alpha value is -0.560. The van der Waals surface area contributed by atoms with Gasteiger partial charge in [-0.3, -0.25) is 0 Å². The molecule has 6 heteroatoms. The lowest BCUT2D eigenvalue weighted by Crippen LogP contribution is -2.30. The SMILES string of the molecule is CNCc1ccc(C)c(S(=O)(=O)NCC(C)CSC)c1. The minimum atomic E-state index is -3.43. The van der Waals surface area contributed by atoms with E-state index < -0.39 is 10.0 Å². The Balaban J connectivity index is 2.88. The highest BCUT2D eigenvalue weighted by Gasteiger charge is 2.18. The molecule has 4 nitrogen and oxygen atoms in total. The summed E-state index contributed by atoms with van der Waals surface area (Å²) in [5, 5.41) is 3.03. The molecule has 0 heterocycles. The number of sulfonamides is 1. The first-order valence-corrected chi connectivity index (χ1v) is 9.51. The number of thioether (sulfide) groups is 1. The first kappa shape index (κ1) is 17.5. The zero-order valence-electron chi connectivity index (χ0n) is 12.6. The van der Waals surface area contributed by atoms with Crippen LogP contribution in [0.3, 0.4) is 0 Å². The quantitative estimate of drug-likeness (QED) is 0.770. The second-order valence-electron chi connectivity index (χ2n) is 5.04. The van der Waals surface area contributed by atoms with Crippen LogP contribution < -0.4 is 10.0 Å². The van der Waals surface area contributed by atoms with Crippen LogP contribution in [0.4, 0.5) is 0 Å². The van der Waals surface area contributed by atoms with Crippen molar-refractivity contribution in [1.29, 1.82) is 0 Å². The number of benzene rings is 1. The summed E-state index contributed by atoms with van der Waals surface area (Å²) in [7, 11) is -1.59. The van der Waals surface area contributed by atoms with Crippen LogP contribution in [0.1, 0.15) is 18.1 Å². The number of rotatable bonds is 8. The van der Waals surface area contributed by atoms with Gasteiger partial charge < -0.3 is 5.32 Å². The fourth-order valence-electron chi connectivity index (χ4n) is 1.92. The van der Waals surface area contributed by atoms with Crippen LogP contribution in [0.25, 0.3) is 0 Å². The van der Waals surface area contributed by atoms with Crippen molar-refractivity contribution in [3.8, 4) is 0 Å². The van der Waals surface area contributed by atoms with Gasteiger partial charge in [-0.05, 0) is 49.1 Å². The summed E-state index contributed by atoms with van der Waals surface area (Å²) in [6, 6.07) is 5.54. The van der Waals surface area contributed by atoms with Crippen molar-refractivity contribution < 1.29 is 8.42 Å². The normalized spacial score (nSPS) is 13.4. The summed E-state index contributed by atoms with van der Waals surface area (Å²) < 4.78 is 27.5. The highest BCUT2D eigenvalue weighted by Crippen LogP contribution is 2.17. The van der Waals surface area contributed by atoms with Gasteiger partial charge in [0.2, 0.25) is 10.0 Å². The third-order valence-corrected chi connectivity index (χ3v) is 5.46. The molecule has 1 aromatic carbocycles. The van der Waals surface area contributed by atoms with Crippen molar-refractivity contribution in [2.75, 3.05) is 25.6 Å². The summed E-state index contributed by atoms with van der Waals surface area (Å²) >= 11 is 1.73. The van der Waals surface area contributed by atoms with E-state index >= 15 is 0 Å². The van der Waals surface area contributed by atoms with Crippen LogP contribution in [0.5, 0.6) is 0 Å². The van der Waals surface area contributed by atoms with Crippen molar-refractivity contribution >= 4 is 21.8 Å². The van der Waals surface area contributed by atoms with E-state index in [0.29, 0.717) is 23.9 Å². The van der Waals surface area contributed by atoms with E-state index in [1.165, 1.54) is 0 Å². The van der Waals surface area contributed by atoms with Gasteiger partial charge in [-0.2, -0.15) is 11.8 Å². The van der Waals surface area contributed by atoms with E-state index in [2.05, 4.69) is 10.0 Å². The van der Waals surface area contributed by atoms with Crippen LogP contribution in [0.2, 0.25) is 0 Å². The molecular formula is C14H24N2O2S2. The molecule has 2 N–H and O–H groups in total. The van der Waals surface area contributed by atoms with Gasteiger partial charge in [-0.25, -0.2) is 13.1 Å². The Morgan fingerprint density at radius 3 is 2.65 bits per heavy atom. The molecule has 1 rings (SSSR count). The molecule has 114 valence electrons. The van der Waals surface area contributed by atoms with E-state index in [4.69, 9.17) is 0 Å². The summed E-state index contributed by atoms with van der Waals surface area (Å²) in [5.41, 5.74) is 1.74. The smallest absolute Gasteiger partial charge is 0.240 e. The van der Waals surface area contributed by atoms with E-state index in [9.17, 15) is 8.42 Å². The molecule has 1 aromatic rings. The topological polar surface area (TPSA) is 58.2 Å². The number of aryl methyl sites for hydroxylation is 1. The molecule has 1 unspecified atom stereocenters. The Labute approximate surface area is 126 Å². The minimum Gasteiger partial charge on any atom is -0.316 e. The molecular weight excluding hydrogens is 292 g/mol. The summed E-state index contributed by atoms with van der Waals surface area (Å²) in [6.45, 7) is 5.00. The molecule has 1 atom stereocenters. The molecule has 0 aliphatic rings. The van der Waals surface area contributed by atoms with Gasteiger partial charge >= 0.3 is 0 Å². The number of hydrogen-bond acceptors (Lipinski definition) is 4. The van der Waals surface area contributed by atoms with Crippen LogP contribution >= 0.6 is 11.8 Å². The van der Waals surface area contributed by atoms with Gasteiger partial charge in [0.1, 0.15) is 0 Å². The zero-order valence-corrected chi connectivity index (χ0v) is 14.2. The first-order valence-electron chi connectivity index (χ1n) is 6.63. The molecule has 0 bridgehead atoms. The summed E-state index contributed by atoms with van der Waals surface area (Å²) in [4.78, 5) is 0.376. The van der Waals surface area contributed by atoms with E-state index in [0.717, 1.165) is 16.9 Å². The summed E-state index contributed by atoms with van der Waals surface area (Å²) in [5.74, 6) is 1.27. The zero-order chi connectivity index (χ0) is 15.2. The van der Waals surface area contributed by atoms with Crippen molar-refractivity contribution in [3.63, 3.8) is 0 Å². The molecule has 0 saturated heterocycles. The van der Waals surface area contributed by atoms with Crippen LogP contribution in [0, 0.1) is 12.8 Å². The molecule has 0 aliphatic heterocycles. The maximum atomic E-state index is 12.4. The maximum Gasteiger partial charge on any atom is 0.240 e. The molecule has 0 aliphatic carbocycles. The average molecular weight is 316 g/mol. The van der Waals surface area contributed by atoms with Crippen molar-refractivity contribution in [2.45, 2.75) is 25.3 Å². The largest absolute Gasteiger partial charge is 0.316 e. The van der Waals surface area contributed by atoms with Gasteiger partial charge in [-0.15, -0.1) is 0 Å². The standard InChI is InChI=1S/C14H24N2O2S2/c1-11(10-19-4)8-16-20(17,18)14-7-13(9-15-3)6-5-12(14)2/h5-7,11,15-16H,8-10H2,1-4H3. The lowest BCUT2D eigenvalue weighted by atomic mass is 10.1. The summed E-state index contributed by atoms with van der Waals surface area (Å²) in [6.07, 6.45) is 2.02. The molecule has 0 spiro atoms. The molecule has 0 amide bonds. The van der Waals surface area contributed by atoms with Crippen LogP contribution in [-0.4, -0.2) is 34.0 Å². The van der Waals surface area contributed by atoms with Gasteiger partial charge in [0.25, 0.3) is 0 Å². The molecule has 0 radical (unpaired) electrons. The molecule has 20 heavy (non-hydrogen) atoms. The Morgan fingerprint density at radius 1 is 1.35 bits per heavy atom. The second kappa shape index (κ2) is 8.02. The van der Waals surface area contributed by atoms with Crippen molar-refractivity contribution in [3.05, 3.63) is 29.3 Å². The lowest BCUT2D eigenvalue weighted by Gasteiger charge is -2.14. The Bertz CT molecular complexity index is 530.